The molecule has 0 aliphatic rings. The first kappa shape index (κ1) is 16.9. The lowest BCUT2D eigenvalue weighted by Gasteiger charge is -2.17. The topological polar surface area (TPSA) is 97.5 Å². The molecule has 23 heavy (non-hydrogen) atoms. The summed E-state index contributed by atoms with van der Waals surface area (Å²) in [5, 5.41) is 15.8. The van der Waals surface area contributed by atoms with Gasteiger partial charge >= 0.3 is 5.97 Å². The number of carboxylic acid groups (broad SMARTS) is 1. The summed E-state index contributed by atoms with van der Waals surface area (Å²) in [6.07, 6.45) is 1.21. The van der Waals surface area contributed by atoms with Crippen LogP contribution >= 0.6 is 15.9 Å². The largest absolute Gasteiger partial charge is 0.492 e. The molecule has 1 aromatic carbocycles. The van der Waals surface area contributed by atoms with Crippen molar-refractivity contribution < 1.29 is 19.4 Å². The molecule has 0 aliphatic heterocycles. The maximum absolute atomic E-state index is 12.0. The van der Waals surface area contributed by atoms with Gasteiger partial charge in [-0.3, -0.25) is 4.79 Å². The Balaban J connectivity index is 1.78. The van der Waals surface area contributed by atoms with Crippen molar-refractivity contribution in [1.82, 2.24) is 19.9 Å². The second kappa shape index (κ2) is 7.73. The second-order valence-electron chi connectivity index (χ2n) is 4.72. The number of hydrogen-bond acceptors (Lipinski definition) is 5. The predicted molar refractivity (Wildman–Crippen MR) is 84.3 cm³/mol. The van der Waals surface area contributed by atoms with Crippen LogP contribution in [0, 0.1) is 0 Å². The van der Waals surface area contributed by atoms with Crippen molar-refractivity contribution in [3.05, 3.63) is 40.6 Å². The third-order valence-corrected chi connectivity index (χ3v) is 3.52. The lowest BCUT2D eigenvalue weighted by Crippen LogP contribution is -2.33. The van der Waals surface area contributed by atoms with Crippen LogP contribution in [0.25, 0.3) is 0 Å². The maximum Gasteiger partial charge on any atom is 0.358 e. The zero-order valence-electron chi connectivity index (χ0n) is 12.3. The summed E-state index contributed by atoms with van der Waals surface area (Å²) >= 11 is 3.34. The molecule has 1 heterocycles. The van der Waals surface area contributed by atoms with Gasteiger partial charge in [-0.15, -0.1) is 5.10 Å². The van der Waals surface area contributed by atoms with E-state index in [0.29, 0.717) is 13.2 Å². The molecular formula is C14H15BrN4O4. The van der Waals surface area contributed by atoms with E-state index in [0.717, 1.165) is 10.2 Å². The molecule has 0 fully saturated rings. The van der Waals surface area contributed by atoms with E-state index in [1.165, 1.54) is 15.8 Å². The number of aromatic nitrogens is 3. The number of benzene rings is 1. The van der Waals surface area contributed by atoms with Crippen LogP contribution in [0.2, 0.25) is 0 Å². The van der Waals surface area contributed by atoms with Crippen molar-refractivity contribution in [2.75, 3.05) is 20.2 Å². The molecule has 0 radical (unpaired) electrons. The van der Waals surface area contributed by atoms with E-state index >= 15 is 0 Å². The molecule has 0 atom stereocenters. The number of rotatable bonds is 7. The van der Waals surface area contributed by atoms with Crippen LogP contribution in [-0.2, 0) is 11.3 Å². The Morgan fingerprint density at radius 1 is 1.35 bits per heavy atom. The first-order valence-corrected chi connectivity index (χ1v) is 7.51. The van der Waals surface area contributed by atoms with Crippen LogP contribution < -0.4 is 4.74 Å². The van der Waals surface area contributed by atoms with E-state index in [-0.39, 0.29) is 18.1 Å². The number of amides is 1. The molecule has 9 heteroatoms. The molecule has 0 saturated carbocycles. The molecule has 8 nitrogen and oxygen atoms in total. The number of nitrogens with zero attached hydrogens (tertiary/aromatic N) is 4. The van der Waals surface area contributed by atoms with Crippen molar-refractivity contribution in [1.29, 1.82) is 0 Å². The van der Waals surface area contributed by atoms with Gasteiger partial charge in [0, 0.05) is 11.5 Å². The van der Waals surface area contributed by atoms with E-state index in [4.69, 9.17) is 9.84 Å². The number of ether oxygens (including phenoxy) is 1. The summed E-state index contributed by atoms with van der Waals surface area (Å²) in [7, 11) is 1.64. The molecule has 122 valence electrons. The van der Waals surface area contributed by atoms with Crippen LogP contribution in [0.1, 0.15) is 10.5 Å². The van der Waals surface area contributed by atoms with Gasteiger partial charge in [0.1, 0.15) is 18.9 Å². The molecule has 0 bridgehead atoms. The number of hydrogen-bond donors (Lipinski definition) is 1. The van der Waals surface area contributed by atoms with Gasteiger partial charge < -0.3 is 14.7 Å². The fraction of sp³-hybridized carbons (Fsp3) is 0.286. The van der Waals surface area contributed by atoms with E-state index in [1.807, 2.05) is 24.3 Å². The summed E-state index contributed by atoms with van der Waals surface area (Å²) in [5.41, 5.74) is -0.195. The summed E-state index contributed by atoms with van der Waals surface area (Å²) < 4.78 is 7.70. The van der Waals surface area contributed by atoms with Gasteiger partial charge in [0.05, 0.1) is 12.7 Å². The molecule has 1 amide bonds. The van der Waals surface area contributed by atoms with E-state index in [9.17, 15) is 9.59 Å². The first-order chi connectivity index (χ1) is 11.0. The highest BCUT2D eigenvalue weighted by Crippen LogP contribution is 2.15. The zero-order valence-corrected chi connectivity index (χ0v) is 13.9. The standard InChI is InChI=1S/C14H15BrN4O4/c1-18(6-7-23-11-4-2-10(15)3-5-11)13(20)9-19-8-12(14(21)22)16-17-19/h2-5,8H,6-7,9H2,1H3,(H,21,22). The molecule has 0 spiro atoms. The molecular weight excluding hydrogens is 368 g/mol. The predicted octanol–water partition coefficient (Wildman–Crippen LogP) is 1.28. The lowest BCUT2D eigenvalue weighted by molar-refractivity contribution is -0.131. The third kappa shape index (κ3) is 5.06. The number of carbonyl (C=O) groups excluding carboxylic acids is 1. The monoisotopic (exact) mass is 382 g/mol. The van der Waals surface area contributed by atoms with Gasteiger partial charge in [-0.1, -0.05) is 21.1 Å². The molecule has 1 N–H and O–H groups in total. The van der Waals surface area contributed by atoms with Crippen LogP contribution in [0.5, 0.6) is 5.75 Å². The quantitative estimate of drug-likeness (QED) is 0.774. The first-order valence-electron chi connectivity index (χ1n) is 6.71. The van der Waals surface area contributed by atoms with Gasteiger partial charge in [-0.2, -0.15) is 0 Å². The molecule has 2 rings (SSSR count). The maximum atomic E-state index is 12.0. The number of halogens is 1. The van der Waals surface area contributed by atoms with Gasteiger partial charge in [-0.05, 0) is 24.3 Å². The van der Waals surface area contributed by atoms with Crippen LogP contribution in [-0.4, -0.2) is 57.1 Å². The van der Waals surface area contributed by atoms with Crippen molar-refractivity contribution in [3.63, 3.8) is 0 Å². The lowest BCUT2D eigenvalue weighted by atomic mass is 10.3. The van der Waals surface area contributed by atoms with E-state index in [2.05, 4.69) is 26.2 Å². The van der Waals surface area contributed by atoms with Crippen molar-refractivity contribution >= 4 is 27.8 Å². The summed E-state index contributed by atoms with van der Waals surface area (Å²) in [4.78, 5) is 24.2. The average Bonchev–Trinajstić information content (AvgIpc) is 2.98. The number of carboxylic acids is 1. The molecule has 0 unspecified atom stereocenters. The van der Waals surface area contributed by atoms with Gasteiger partial charge in [0.15, 0.2) is 5.69 Å². The average molecular weight is 383 g/mol. The van der Waals surface area contributed by atoms with Gasteiger partial charge in [0.25, 0.3) is 0 Å². The highest BCUT2D eigenvalue weighted by molar-refractivity contribution is 9.10. The Hall–Kier alpha value is -2.42. The Morgan fingerprint density at radius 2 is 2.04 bits per heavy atom. The van der Waals surface area contributed by atoms with Crippen molar-refractivity contribution in [3.8, 4) is 5.75 Å². The smallest absolute Gasteiger partial charge is 0.358 e. The Kier molecular flexibility index (Phi) is 5.69. The number of carbonyl (C=O) groups is 2. The van der Waals surface area contributed by atoms with Crippen molar-refractivity contribution in [2.24, 2.45) is 0 Å². The highest BCUT2D eigenvalue weighted by atomic mass is 79.9. The van der Waals surface area contributed by atoms with E-state index < -0.39 is 5.97 Å². The van der Waals surface area contributed by atoms with Crippen molar-refractivity contribution in [2.45, 2.75) is 6.54 Å². The normalized spacial score (nSPS) is 10.3. The zero-order chi connectivity index (χ0) is 16.8. The Bertz CT molecular complexity index is 686. The summed E-state index contributed by atoms with van der Waals surface area (Å²) in [6.45, 7) is 0.673. The van der Waals surface area contributed by atoms with Gasteiger partial charge in [0.2, 0.25) is 5.91 Å². The molecule has 1 aromatic heterocycles. The minimum atomic E-state index is -1.18. The summed E-state index contributed by atoms with van der Waals surface area (Å²) in [6, 6.07) is 7.40. The van der Waals surface area contributed by atoms with Gasteiger partial charge in [-0.25, -0.2) is 9.48 Å². The van der Waals surface area contributed by atoms with Crippen LogP contribution in [0.15, 0.2) is 34.9 Å². The minimum absolute atomic E-state index is 0.0743. The second-order valence-corrected chi connectivity index (χ2v) is 5.64. The number of aromatic carboxylic acids is 1. The Morgan fingerprint density at radius 3 is 2.65 bits per heavy atom. The fourth-order valence-corrected chi connectivity index (χ4v) is 1.95. The van der Waals surface area contributed by atoms with Crippen LogP contribution in [0.4, 0.5) is 0 Å². The third-order valence-electron chi connectivity index (χ3n) is 2.99. The Labute approximate surface area is 140 Å². The SMILES string of the molecule is CN(CCOc1ccc(Br)cc1)C(=O)Cn1cc(C(=O)O)nn1. The fourth-order valence-electron chi connectivity index (χ4n) is 1.69. The number of likely N-dealkylation sites (N-methyl/N-ethyl adjacent to an activating group) is 1. The molecule has 0 aliphatic carbocycles. The molecule has 2 aromatic rings. The van der Waals surface area contributed by atoms with E-state index in [1.54, 1.807) is 7.05 Å². The summed E-state index contributed by atoms with van der Waals surface area (Å²) in [5.74, 6) is -0.678. The molecule has 0 saturated heterocycles. The van der Waals surface area contributed by atoms with Crippen LogP contribution in [0.3, 0.4) is 0 Å². The minimum Gasteiger partial charge on any atom is -0.492 e. The highest BCUT2D eigenvalue weighted by Gasteiger charge is 2.13.